The minimum Gasteiger partial charge on any atom is -0.366 e. The summed E-state index contributed by atoms with van der Waals surface area (Å²) < 4.78 is 39.5. The molecule has 1 aromatic heterocycles. The van der Waals surface area contributed by atoms with E-state index in [1.165, 1.54) is 35.5 Å². The Labute approximate surface area is 166 Å². The summed E-state index contributed by atoms with van der Waals surface area (Å²) in [6.07, 6.45) is -0.655. The molecule has 4 rings (SSSR count). The fourth-order valence-corrected chi connectivity index (χ4v) is 3.47. The summed E-state index contributed by atoms with van der Waals surface area (Å²) in [6, 6.07) is 14.7. The number of nitrogens with zero attached hydrogens (tertiary/aromatic N) is 2. The molecule has 0 spiro atoms. The Kier molecular flexibility index (Phi) is 4.96. The van der Waals surface area contributed by atoms with Gasteiger partial charge in [0.1, 0.15) is 0 Å². The summed E-state index contributed by atoms with van der Waals surface area (Å²) in [7, 11) is 0. The monoisotopic (exact) mass is 397 g/mol. The molecule has 4 nitrogen and oxygen atoms in total. The average molecular weight is 397 g/mol. The maximum atomic E-state index is 13.2. The van der Waals surface area contributed by atoms with Gasteiger partial charge in [-0.2, -0.15) is 13.2 Å². The Morgan fingerprint density at radius 2 is 1.72 bits per heavy atom. The lowest BCUT2D eigenvalue weighted by atomic mass is 9.99. The van der Waals surface area contributed by atoms with Crippen LogP contribution in [0.2, 0.25) is 0 Å². The Morgan fingerprint density at radius 3 is 2.52 bits per heavy atom. The molecule has 1 amide bonds. The molecular formula is C22H18F3N3O. The minimum absolute atomic E-state index is 0.207. The maximum absolute atomic E-state index is 13.2. The van der Waals surface area contributed by atoms with Crippen molar-refractivity contribution in [2.75, 3.05) is 16.8 Å². The summed E-state index contributed by atoms with van der Waals surface area (Å²) in [4.78, 5) is 18.8. The summed E-state index contributed by atoms with van der Waals surface area (Å²) >= 11 is 0. The van der Waals surface area contributed by atoms with Crippen LogP contribution >= 0.6 is 0 Å². The molecule has 148 valence electrons. The van der Waals surface area contributed by atoms with Crippen molar-refractivity contribution in [3.63, 3.8) is 0 Å². The number of hydrogen-bond donors (Lipinski definition) is 1. The molecule has 0 radical (unpaired) electrons. The summed E-state index contributed by atoms with van der Waals surface area (Å²) in [5.74, 6) is -0.631. The number of amides is 1. The van der Waals surface area contributed by atoms with E-state index < -0.39 is 17.6 Å². The van der Waals surface area contributed by atoms with Crippen LogP contribution in [0.1, 0.15) is 27.0 Å². The van der Waals surface area contributed by atoms with Gasteiger partial charge in [0, 0.05) is 19.3 Å². The molecule has 1 N–H and O–H groups in total. The standard InChI is InChI=1S/C22H18F3N3O/c23-22(24,25)19-7-3-4-8-20(19)27-21(29)17-11-18(13-26-12-17)28-10-9-15-5-1-2-6-16(15)14-28/h1-8,11-13H,9-10,14H2,(H,27,29). The smallest absolute Gasteiger partial charge is 0.366 e. The number of benzene rings is 2. The Hall–Kier alpha value is -3.35. The predicted molar refractivity (Wildman–Crippen MR) is 105 cm³/mol. The third kappa shape index (κ3) is 4.08. The molecule has 0 unspecified atom stereocenters. The topological polar surface area (TPSA) is 45.2 Å². The number of para-hydroxylation sites is 1. The van der Waals surface area contributed by atoms with Crippen molar-refractivity contribution in [2.24, 2.45) is 0 Å². The number of fused-ring (bicyclic) bond motifs is 1. The number of pyridine rings is 1. The van der Waals surface area contributed by atoms with Crippen molar-refractivity contribution in [3.8, 4) is 0 Å². The number of hydrogen-bond acceptors (Lipinski definition) is 3. The molecule has 7 heteroatoms. The van der Waals surface area contributed by atoms with E-state index in [9.17, 15) is 18.0 Å². The first-order valence-corrected chi connectivity index (χ1v) is 9.16. The summed E-state index contributed by atoms with van der Waals surface area (Å²) in [6.45, 7) is 1.47. The van der Waals surface area contributed by atoms with Crippen molar-refractivity contribution in [1.82, 2.24) is 4.98 Å². The molecule has 1 aliphatic rings. The fraction of sp³-hybridized carbons (Fsp3) is 0.182. The van der Waals surface area contributed by atoms with Crippen LogP contribution in [-0.4, -0.2) is 17.4 Å². The first-order chi connectivity index (χ1) is 13.9. The molecule has 0 saturated carbocycles. The Balaban J connectivity index is 1.55. The number of carbonyl (C=O) groups excluding carboxylic acids is 1. The van der Waals surface area contributed by atoms with Crippen LogP contribution in [0, 0.1) is 0 Å². The highest BCUT2D eigenvalue weighted by Gasteiger charge is 2.33. The molecule has 2 heterocycles. The SMILES string of the molecule is O=C(Nc1ccccc1C(F)(F)F)c1cncc(N2CCc3ccccc3C2)c1. The van der Waals surface area contributed by atoms with Crippen LogP contribution in [0.4, 0.5) is 24.5 Å². The lowest BCUT2D eigenvalue weighted by molar-refractivity contribution is -0.136. The summed E-state index contributed by atoms with van der Waals surface area (Å²) in [5.41, 5.74) is 2.32. The second-order valence-corrected chi connectivity index (χ2v) is 6.87. The van der Waals surface area contributed by atoms with E-state index in [2.05, 4.69) is 27.3 Å². The van der Waals surface area contributed by atoms with Gasteiger partial charge in [-0.15, -0.1) is 0 Å². The maximum Gasteiger partial charge on any atom is 0.418 e. The average Bonchev–Trinajstić information content (AvgIpc) is 2.73. The van der Waals surface area contributed by atoms with E-state index in [1.807, 2.05) is 12.1 Å². The van der Waals surface area contributed by atoms with Gasteiger partial charge in [0.05, 0.1) is 28.7 Å². The van der Waals surface area contributed by atoms with Crippen LogP contribution in [0.5, 0.6) is 0 Å². The van der Waals surface area contributed by atoms with E-state index in [4.69, 9.17) is 0 Å². The lowest BCUT2D eigenvalue weighted by Crippen LogP contribution is -2.30. The van der Waals surface area contributed by atoms with Gasteiger partial charge >= 0.3 is 6.18 Å². The van der Waals surface area contributed by atoms with E-state index in [1.54, 1.807) is 12.3 Å². The minimum atomic E-state index is -4.55. The van der Waals surface area contributed by atoms with Gasteiger partial charge in [-0.05, 0) is 35.7 Å². The Bertz CT molecular complexity index is 1050. The molecule has 29 heavy (non-hydrogen) atoms. The van der Waals surface area contributed by atoms with Crippen LogP contribution in [0.3, 0.4) is 0 Å². The van der Waals surface area contributed by atoms with Gasteiger partial charge in [-0.1, -0.05) is 36.4 Å². The van der Waals surface area contributed by atoms with Crippen molar-refractivity contribution in [1.29, 1.82) is 0 Å². The molecule has 0 saturated heterocycles. The first-order valence-electron chi connectivity index (χ1n) is 9.16. The van der Waals surface area contributed by atoms with Crippen LogP contribution in [0.25, 0.3) is 0 Å². The van der Waals surface area contributed by atoms with E-state index in [-0.39, 0.29) is 11.3 Å². The molecule has 0 fully saturated rings. The molecule has 0 bridgehead atoms. The number of nitrogens with one attached hydrogen (secondary N) is 1. The molecule has 0 atom stereocenters. The third-order valence-corrected chi connectivity index (χ3v) is 4.96. The highest BCUT2D eigenvalue weighted by atomic mass is 19.4. The largest absolute Gasteiger partial charge is 0.418 e. The zero-order valence-corrected chi connectivity index (χ0v) is 15.4. The number of alkyl halides is 3. The fourth-order valence-electron chi connectivity index (χ4n) is 3.47. The normalized spacial score (nSPS) is 13.7. The van der Waals surface area contributed by atoms with Crippen molar-refractivity contribution in [3.05, 3.63) is 89.2 Å². The van der Waals surface area contributed by atoms with Crippen LogP contribution in [-0.2, 0) is 19.1 Å². The molecule has 2 aromatic carbocycles. The zero-order chi connectivity index (χ0) is 20.4. The van der Waals surface area contributed by atoms with Crippen LogP contribution in [0.15, 0.2) is 67.0 Å². The van der Waals surface area contributed by atoms with Gasteiger partial charge in [-0.25, -0.2) is 0 Å². The highest BCUT2D eigenvalue weighted by molar-refractivity contribution is 6.05. The second kappa shape index (κ2) is 7.58. The van der Waals surface area contributed by atoms with E-state index >= 15 is 0 Å². The molecular weight excluding hydrogens is 379 g/mol. The second-order valence-electron chi connectivity index (χ2n) is 6.87. The summed E-state index contributed by atoms with van der Waals surface area (Å²) in [5, 5.41) is 2.36. The van der Waals surface area contributed by atoms with E-state index in [0.717, 1.165) is 24.7 Å². The zero-order valence-electron chi connectivity index (χ0n) is 15.4. The highest BCUT2D eigenvalue weighted by Crippen LogP contribution is 2.34. The van der Waals surface area contributed by atoms with Gasteiger partial charge < -0.3 is 10.2 Å². The van der Waals surface area contributed by atoms with Crippen molar-refractivity contribution >= 4 is 17.3 Å². The van der Waals surface area contributed by atoms with Gasteiger partial charge in [0.25, 0.3) is 5.91 Å². The van der Waals surface area contributed by atoms with Gasteiger partial charge in [-0.3, -0.25) is 9.78 Å². The number of rotatable bonds is 3. The van der Waals surface area contributed by atoms with Gasteiger partial charge in [0.15, 0.2) is 0 Å². The molecule has 0 aliphatic carbocycles. The van der Waals surface area contributed by atoms with Crippen molar-refractivity contribution < 1.29 is 18.0 Å². The Morgan fingerprint density at radius 1 is 1.00 bits per heavy atom. The molecule has 3 aromatic rings. The quantitative estimate of drug-likeness (QED) is 0.683. The number of aromatic nitrogens is 1. The third-order valence-electron chi connectivity index (χ3n) is 4.96. The van der Waals surface area contributed by atoms with Crippen molar-refractivity contribution in [2.45, 2.75) is 19.1 Å². The number of carbonyl (C=O) groups is 1. The van der Waals surface area contributed by atoms with E-state index in [0.29, 0.717) is 6.54 Å². The predicted octanol–water partition coefficient (Wildman–Crippen LogP) is 4.92. The van der Waals surface area contributed by atoms with Crippen LogP contribution < -0.4 is 10.2 Å². The first kappa shape index (κ1) is 19.0. The lowest BCUT2D eigenvalue weighted by Gasteiger charge is -2.30. The molecule has 1 aliphatic heterocycles. The number of halogens is 3. The number of anilines is 2. The van der Waals surface area contributed by atoms with Gasteiger partial charge in [0.2, 0.25) is 0 Å².